The molecule has 0 bridgehead atoms. The van der Waals surface area contributed by atoms with E-state index in [-0.39, 0.29) is 22.7 Å². The van der Waals surface area contributed by atoms with Crippen LogP contribution >= 0.6 is 23.5 Å². The van der Waals surface area contributed by atoms with E-state index < -0.39 is 60.2 Å². The first-order valence-electron chi connectivity index (χ1n) is 8.62. The van der Waals surface area contributed by atoms with Crippen molar-refractivity contribution in [1.82, 2.24) is 19.5 Å². The lowest BCUT2D eigenvalue weighted by Crippen LogP contribution is -2.33. The molecule has 7 atom stereocenters. The predicted octanol–water partition coefficient (Wildman–Crippen LogP) is -3.20. The van der Waals surface area contributed by atoms with Crippen LogP contribution in [0.4, 0.5) is 11.6 Å². The van der Waals surface area contributed by atoms with Gasteiger partial charge >= 0.3 is 15.6 Å². The van der Waals surface area contributed by atoms with Crippen LogP contribution in [0.1, 0.15) is 6.23 Å². The molecule has 0 aliphatic carbocycles. The molecule has 4 unspecified atom stereocenters. The van der Waals surface area contributed by atoms with Gasteiger partial charge in [-0.25, -0.2) is 18.4 Å². The van der Waals surface area contributed by atoms with Gasteiger partial charge < -0.3 is 46.0 Å². The van der Waals surface area contributed by atoms with Gasteiger partial charge in [0.05, 0.1) is 12.9 Å². The number of phosphoric acid groups is 3. The van der Waals surface area contributed by atoms with E-state index in [2.05, 4.69) is 28.1 Å². The van der Waals surface area contributed by atoms with E-state index in [0.717, 1.165) is 10.9 Å². The monoisotopic (exact) mass is 548 g/mol. The average molecular weight is 548 g/mol. The number of phosphoric ester groups is 1. The highest BCUT2D eigenvalue weighted by Crippen LogP contribution is 2.65. The standard InChI is InChI=1S/C11H18N7O13P3/c12-8-4-5(9(13)17-11(14)16-8)18(2-15-4)10-7(20)6(19)3(29-10)1-28-33(24,25)31-34(26,27)30-32(21,22)23/h2-3,6-7,10,19-20H,1H2,(H,24,25)(H,26,27)(H2,21,22,23)(H5,12,13,14,16,17)/p-1/t3?,6-,7-,10-/m0/s1. The fourth-order valence-electron chi connectivity index (χ4n) is 2.92. The zero-order chi connectivity index (χ0) is 25.6. The second-order valence-electron chi connectivity index (χ2n) is 6.58. The minimum absolute atomic E-state index is 0.0139. The number of nitrogens with two attached hydrogens (primary N) is 2. The van der Waals surface area contributed by atoms with Crippen molar-refractivity contribution >= 4 is 46.1 Å². The largest absolute Gasteiger partial charge is 0.756 e. The van der Waals surface area contributed by atoms with Gasteiger partial charge in [0.2, 0.25) is 5.62 Å². The topological polar surface area (TPSA) is 332 Å². The number of nitrogens with one attached hydrogen (secondary N) is 1. The van der Waals surface area contributed by atoms with Gasteiger partial charge in [-0.1, -0.05) is 0 Å². The molecule has 0 aromatic carbocycles. The summed E-state index contributed by atoms with van der Waals surface area (Å²) in [5.74, 6) is -0.506. The number of imidazole rings is 1. The number of hydrogen-bond donors (Lipinski definition) is 8. The first-order valence-corrected chi connectivity index (χ1v) is 13.1. The summed E-state index contributed by atoms with van der Waals surface area (Å²) in [6.45, 7) is -1.04. The van der Waals surface area contributed by atoms with Crippen molar-refractivity contribution < 1.29 is 61.4 Å². The zero-order valence-corrected chi connectivity index (χ0v) is 19.1. The van der Waals surface area contributed by atoms with Crippen LogP contribution in [0.5, 0.6) is 0 Å². The van der Waals surface area contributed by atoms with Crippen LogP contribution in [0, 0.1) is 5.41 Å². The Bertz CT molecular complexity index is 1300. The van der Waals surface area contributed by atoms with E-state index in [4.69, 9.17) is 31.4 Å². The number of nitrogens with zero attached hydrogens (tertiary/aromatic N) is 4. The molecule has 34 heavy (non-hydrogen) atoms. The summed E-state index contributed by atoms with van der Waals surface area (Å²) in [6, 6.07) is 0. The molecule has 0 saturated carbocycles. The van der Waals surface area contributed by atoms with Gasteiger partial charge in [0.25, 0.3) is 7.82 Å². The molecule has 1 aliphatic heterocycles. The maximum absolute atomic E-state index is 11.8. The van der Waals surface area contributed by atoms with Gasteiger partial charge in [-0.05, 0) is 0 Å². The van der Waals surface area contributed by atoms with Crippen molar-refractivity contribution in [2.75, 3.05) is 18.1 Å². The van der Waals surface area contributed by atoms with E-state index in [1.807, 2.05) is 0 Å². The summed E-state index contributed by atoms with van der Waals surface area (Å²) in [6.07, 6.45) is -5.39. The van der Waals surface area contributed by atoms with E-state index in [9.17, 15) is 33.7 Å². The highest BCUT2D eigenvalue weighted by Gasteiger charge is 2.46. The molecular formula is C11H17N7O13P3-. The maximum Gasteiger partial charge on any atom is 0.487 e. The van der Waals surface area contributed by atoms with Gasteiger partial charge in [-0.3, -0.25) is 19.1 Å². The summed E-state index contributed by atoms with van der Waals surface area (Å²) < 4.78 is 51.6. The quantitative estimate of drug-likeness (QED) is 0.150. The summed E-state index contributed by atoms with van der Waals surface area (Å²) in [7, 11) is -17.2. The molecule has 3 heterocycles. The van der Waals surface area contributed by atoms with Crippen molar-refractivity contribution in [3.63, 3.8) is 0 Å². The average Bonchev–Trinajstić information content (AvgIpc) is 3.16. The number of aliphatic hydroxyl groups excluding tert-OH is 2. The highest BCUT2D eigenvalue weighted by atomic mass is 31.3. The lowest BCUT2D eigenvalue weighted by atomic mass is 10.1. The smallest absolute Gasteiger partial charge is 0.487 e. The maximum atomic E-state index is 11.8. The number of anilines is 2. The third-order valence-corrected chi connectivity index (χ3v) is 7.93. The van der Waals surface area contributed by atoms with Crippen molar-refractivity contribution in [2.24, 2.45) is 0 Å². The van der Waals surface area contributed by atoms with E-state index >= 15 is 0 Å². The van der Waals surface area contributed by atoms with Crippen molar-refractivity contribution in [1.29, 1.82) is 5.41 Å². The summed E-state index contributed by atoms with van der Waals surface area (Å²) in [5, 5.41) is 28.2. The molecule has 2 aromatic heterocycles. The molecule has 20 nitrogen and oxygen atoms in total. The molecule has 0 spiro atoms. The number of aliphatic hydroxyl groups is 2. The predicted molar refractivity (Wildman–Crippen MR) is 104 cm³/mol. The second kappa shape index (κ2) is 9.29. The first-order chi connectivity index (χ1) is 15.5. The lowest BCUT2D eigenvalue weighted by Gasteiger charge is -2.21. The Balaban J connectivity index is 1.79. The zero-order valence-electron chi connectivity index (χ0n) is 16.4. The number of nitrogen functional groups attached to an aromatic ring is 2. The Morgan fingerprint density at radius 3 is 2.32 bits per heavy atom. The molecule has 10 N–H and O–H groups in total. The Labute approximate surface area is 187 Å². The second-order valence-corrected chi connectivity index (χ2v) is 11.0. The van der Waals surface area contributed by atoms with Gasteiger partial charge in [-0.15, -0.1) is 0 Å². The first kappa shape index (κ1) is 26.7. The van der Waals surface area contributed by atoms with Gasteiger partial charge in [-0.2, -0.15) is 14.3 Å². The number of aromatic nitrogens is 4. The number of ether oxygens (including phenoxy) is 1. The number of fused-ring (bicyclic) bond motifs is 1. The Kier molecular flexibility index (Phi) is 7.30. The van der Waals surface area contributed by atoms with Crippen LogP contribution in [-0.4, -0.2) is 69.3 Å². The summed E-state index contributed by atoms with van der Waals surface area (Å²) in [5.41, 5.74) is 11.0. The Morgan fingerprint density at radius 1 is 1.09 bits per heavy atom. The number of hydrogen-bond acceptors (Lipinski definition) is 16. The fraction of sp³-hybridized carbons (Fsp3) is 0.455. The molecule has 23 heteroatoms. The molecule has 1 fully saturated rings. The van der Waals surface area contributed by atoms with Crippen LogP contribution in [0.2, 0.25) is 0 Å². The van der Waals surface area contributed by atoms with Crippen LogP contribution < -0.4 is 22.0 Å². The normalized spacial score (nSPS) is 28.3. The van der Waals surface area contributed by atoms with Crippen LogP contribution in [0.3, 0.4) is 0 Å². The van der Waals surface area contributed by atoms with Crippen LogP contribution in [-0.2, 0) is 31.6 Å². The third-order valence-electron chi connectivity index (χ3n) is 4.16. The SMILES string of the molecule is N=c1nc(N)c2ncn([C@H]3OC(COP(=O)(O)OP(=O)(O)OP(=O)([O-])O)[C@H](O)[C@@H]3O)c2c(N)n1. The minimum Gasteiger partial charge on any atom is -0.756 e. The molecule has 0 amide bonds. The van der Waals surface area contributed by atoms with Crippen molar-refractivity contribution in [2.45, 2.75) is 24.5 Å². The lowest BCUT2D eigenvalue weighted by molar-refractivity contribution is -0.212. The van der Waals surface area contributed by atoms with Gasteiger partial charge in [0, 0.05) is 0 Å². The molecule has 190 valence electrons. The molecule has 0 radical (unpaired) electrons. The van der Waals surface area contributed by atoms with Crippen molar-refractivity contribution in [3.05, 3.63) is 11.9 Å². The molecule has 1 aliphatic rings. The number of rotatable bonds is 8. The summed E-state index contributed by atoms with van der Waals surface area (Å²) >= 11 is 0. The third kappa shape index (κ3) is 6.02. The van der Waals surface area contributed by atoms with Gasteiger partial charge in [0.1, 0.15) is 29.3 Å². The van der Waals surface area contributed by atoms with Crippen LogP contribution in [0.25, 0.3) is 11.0 Å². The molecule has 3 rings (SSSR count). The molecular weight excluding hydrogens is 531 g/mol. The Hall–Kier alpha value is -1.89. The van der Waals surface area contributed by atoms with E-state index in [1.54, 1.807) is 0 Å². The van der Waals surface area contributed by atoms with Crippen molar-refractivity contribution in [3.8, 4) is 0 Å². The van der Waals surface area contributed by atoms with E-state index in [1.165, 1.54) is 0 Å². The fourth-order valence-corrected chi connectivity index (χ4v) is 5.92. The van der Waals surface area contributed by atoms with E-state index in [0.29, 0.717) is 0 Å². The van der Waals surface area contributed by atoms with Crippen LogP contribution in [0.15, 0.2) is 6.33 Å². The molecule has 2 aromatic rings. The molecule has 1 saturated heterocycles. The highest BCUT2D eigenvalue weighted by molar-refractivity contribution is 7.66. The Morgan fingerprint density at radius 2 is 1.71 bits per heavy atom. The summed E-state index contributed by atoms with van der Waals surface area (Å²) in [4.78, 5) is 48.9. The van der Waals surface area contributed by atoms with Gasteiger partial charge in [0.15, 0.2) is 17.9 Å². The minimum atomic E-state index is -5.83.